The second-order valence-electron chi connectivity index (χ2n) is 5.19. The van der Waals surface area contributed by atoms with Gasteiger partial charge in [-0.2, -0.15) is 11.8 Å². The van der Waals surface area contributed by atoms with Crippen molar-refractivity contribution in [1.29, 1.82) is 0 Å². The summed E-state index contributed by atoms with van der Waals surface area (Å²) in [7, 11) is 1.79. The first-order chi connectivity index (χ1) is 8.38. The number of nitrogens with zero attached hydrogens (tertiary/aromatic N) is 1. The maximum absolute atomic E-state index is 5.16. The second-order valence-corrected chi connectivity index (χ2v) is 6.41. The van der Waals surface area contributed by atoms with Crippen LogP contribution in [0.3, 0.4) is 0 Å². The van der Waals surface area contributed by atoms with Gasteiger partial charge >= 0.3 is 0 Å². The van der Waals surface area contributed by atoms with Gasteiger partial charge in [0.05, 0.1) is 6.61 Å². The molecule has 2 aliphatic rings. The van der Waals surface area contributed by atoms with Crippen molar-refractivity contribution in [2.45, 2.75) is 37.8 Å². The summed E-state index contributed by atoms with van der Waals surface area (Å²) in [6.07, 6.45) is 5.41. The molecule has 2 fully saturated rings. The van der Waals surface area contributed by atoms with Crippen molar-refractivity contribution >= 4 is 11.8 Å². The molecule has 0 aromatic rings. The highest BCUT2D eigenvalue weighted by atomic mass is 32.2. The third-order valence-corrected chi connectivity index (χ3v) is 4.86. The molecule has 0 aromatic heterocycles. The Labute approximate surface area is 110 Å². The molecule has 0 spiro atoms. The van der Waals surface area contributed by atoms with Gasteiger partial charge in [0.1, 0.15) is 0 Å². The predicted molar refractivity (Wildman–Crippen MR) is 74.8 cm³/mol. The van der Waals surface area contributed by atoms with E-state index in [4.69, 9.17) is 4.74 Å². The first kappa shape index (κ1) is 13.7. The highest BCUT2D eigenvalue weighted by Gasteiger charge is 2.23. The van der Waals surface area contributed by atoms with E-state index in [0.29, 0.717) is 6.04 Å². The van der Waals surface area contributed by atoms with Crippen molar-refractivity contribution in [2.24, 2.45) is 0 Å². The molecule has 2 heterocycles. The molecule has 4 heteroatoms. The lowest BCUT2D eigenvalue weighted by molar-refractivity contribution is 0.119. The first-order valence-electron chi connectivity index (χ1n) is 6.93. The van der Waals surface area contributed by atoms with Crippen molar-refractivity contribution in [3.05, 3.63) is 0 Å². The average molecular weight is 258 g/mol. The molecule has 1 atom stereocenters. The van der Waals surface area contributed by atoms with Crippen molar-refractivity contribution in [3.63, 3.8) is 0 Å². The van der Waals surface area contributed by atoms with Gasteiger partial charge in [-0.05, 0) is 43.7 Å². The van der Waals surface area contributed by atoms with Crippen molar-refractivity contribution < 1.29 is 4.74 Å². The minimum Gasteiger partial charge on any atom is -0.383 e. The van der Waals surface area contributed by atoms with Gasteiger partial charge in [0.15, 0.2) is 0 Å². The van der Waals surface area contributed by atoms with Crippen LogP contribution in [-0.2, 0) is 4.74 Å². The normalized spacial score (nSPS) is 28.4. The van der Waals surface area contributed by atoms with Gasteiger partial charge in [-0.1, -0.05) is 0 Å². The fraction of sp³-hybridized carbons (Fsp3) is 1.00. The van der Waals surface area contributed by atoms with E-state index in [9.17, 15) is 0 Å². The smallest absolute Gasteiger partial charge is 0.0589 e. The highest BCUT2D eigenvalue weighted by molar-refractivity contribution is 7.99. The number of thioether (sulfide) groups is 1. The van der Waals surface area contributed by atoms with Crippen LogP contribution in [0.2, 0.25) is 0 Å². The van der Waals surface area contributed by atoms with Crippen LogP contribution in [0.4, 0.5) is 0 Å². The van der Waals surface area contributed by atoms with E-state index in [-0.39, 0.29) is 0 Å². The van der Waals surface area contributed by atoms with Crippen LogP contribution in [0.15, 0.2) is 0 Å². The van der Waals surface area contributed by atoms with Crippen LogP contribution in [0.5, 0.6) is 0 Å². The monoisotopic (exact) mass is 258 g/mol. The summed E-state index contributed by atoms with van der Waals surface area (Å²) in [6.45, 7) is 4.43. The van der Waals surface area contributed by atoms with E-state index in [1.54, 1.807) is 7.11 Å². The number of methoxy groups -OCH3 is 1. The number of rotatable bonds is 5. The van der Waals surface area contributed by atoms with Crippen LogP contribution in [0, 0.1) is 0 Å². The molecule has 0 unspecified atom stereocenters. The minimum atomic E-state index is 0.716. The molecule has 2 rings (SSSR count). The Morgan fingerprint density at radius 2 is 2.06 bits per heavy atom. The van der Waals surface area contributed by atoms with Gasteiger partial charge in [0.2, 0.25) is 0 Å². The SMILES string of the molecule is COCCN1CCC[C@@H](NC2CCSCC2)C1. The summed E-state index contributed by atoms with van der Waals surface area (Å²) in [5.41, 5.74) is 0. The Balaban J connectivity index is 1.68. The van der Waals surface area contributed by atoms with E-state index in [1.807, 2.05) is 0 Å². The van der Waals surface area contributed by atoms with Crippen LogP contribution in [0.25, 0.3) is 0 Å². The zero-order chi connectivity index (χ0) is 11.9. The Morgan fingerprint density at radius 1 is 1.24 bits per heavy atom. The van der Waals surface area contributed by atoms with E-state index in [2.05, 4.69) is 22.0 Å². The molecule has 100 valence electrons. The van der Waals surface area contributed by atoms with E-state index in [1.165, 1.54) is 50.3 Å². The molecule has 3 nitrogen and oxygen atoms in total. The third kappa shape index (κ3) is 4.78. The Bertz CT molecular complexity index is 210. The number of likely N-dealkylation sites (tertiary alicyclic amines) is 1. The van der Waals surface area contributed by atoms with E-state index >= 15 is 0 Å². The van der Waals surface area contributed by atoms with Gasteiger partial charge in [-0.25, -0.2) is 0 Å². The summed E-state index contributed by atoms with van der Waals surface area (Å²) in [6, 6.07) is 1.50. The molecule has 0 amide bonds. The van der Waals surface area contributed by atoms with Gasteiger partial charge in [-0.3, -0.25) is 4.90 Å². The van der Waals surface area contributed by atoms with Gasteiger partial charge in [0.25, 0.3) is 0 Å². The number of nitrogens with one attached hydrogen (secondary N) is 1. The zero-order valence-corrected chi connectivity index (χ0v) is 11.8. The van der Waals surface area contributed by atoms with Gasteiger partial charge < -0.3 is 10.1 Å². The van der Waals surface area contributed by atoms with E-state index in [0.717, 1.165) is 19.2 Å². The lowest BCUT2D eigenvalue weighted by Gasteiger charge is -2.36. The molecule has 0 aliphatic carbocycles. The Morgan fingerprint density at radius 3 is 2.82 bits per heavy atom. The number of hydrogen-bond acceptors (Lipinski definition) is 4. The predicted octanol–water partition coefficient (Wildman–Crippen LogP) is 1.58. The number of ether oxygens (including phenoxy) is 1. The lowest BCUT2D eigenvalue weighted by Crippen LogP contribution is -2.50. The molecule has 2 saturated heterocycles. The standard InChI is InChI=1S/C13H26N2OS/c1-16-8-7-15-6-2-3-13(11-15)14-12-4-9-17-10-5-12/h12-14H,2-11H2,1H3/t13-/m1/s1. The Hall–Kier alpha value is 0.230. The molecule has 0 bridgehead atoms. The summed E-state index contributed by atoms with van der Waals surface area (Å²) in [5.74, 6) is 2.69. The fourth-order valence-electron chi connectivity index (χ4n) is 2.81. The molecule has 0 aromatic carbocycles. The maximum Gasteiger partial charge on any atom is 0.0589 e. The number of hydrogen-bond donors (Lipinski definition) is 1. The molecular weight excluding hydrogens is 232 g/mol. The highest BCUT2D eigenvalue weighted by Crippen LogP contribution is 2.19. The molecule has 0 radical (unpaired) electrons. The lowest BCUT2D eigenvalue weighted by atomic mass is 10.0. The molecule has 1 N–H and O–H groups in total. The van der Waals surface area contributed by atoms with Gasteiger partial charge in [0, 0.05) is 32.3 Å². The van der Waals surface area contributed by atoms with Crippen LogP contribution < -0.4 is 5.32 Å². The maximum atomic E-state index is 5.16. The van der Waals surface area contributed by atoms with Crippen molar-refractivity contribution in [3.8, 4) is 0 Å². The quantitative estimate of drug-likeness (QED) is 0.809. The van der Waals surface area contributed by atoms with Crippen LogP contribution in [-0.4, -0.2) is 61.8 Å². The summed E-state index contributed by atoms with van der Waals surface area (Å²) < 4.78 is 5.16. The van der Waals surface area contributed by atoms with Gasteiger partial charge in [-0.15, -0.1) is 0 Å². The zero-order valence-electron chi connectivity index (χ0n) is 11.0. The van der Waals surface area contributed by atoms with Crippen LogP contribution in [0.1, 0.15) is 25.7 Å². The summed E-state index contributed by atoms with van der Waals surface area (Å²) in [5, 5.41) is 3.87. The minimum absolute atomic E-state index is 0.716. The number of piperidine rings is 1. The first-order valence-corrected chi connectivity index (χ1v) is 8.09. The Kier molecular flexibility index (Phi) is 6.12. The van der Waals surface area contributed by atoms with E-state index < -0.39 is 0 Å². The van der Waals surface area contributed by atoms with Crippen molar-refractivity contribution in [1.82, 2.24) is 10.2 Å². The largest absolute Gasteiger partial charge is 0.383 e. The van der Waals surface area contributed by atoms with Crippen molar-refractivity contribution in [2.75, 3.05) is 44.9 Å². The molecular formula is C13H26N2OS. The molecule has 2 aliphatic heterocycles. The molecule has 17 heavy (non-hydrogen) atoms. The summed E-state index contributed by atoms with van der Waals surface area (Å²) in [4.78, 5) is 2.54. The topological polar surface area (TPSA) is 24.5 Å². The second kappa shape index (κ2) is 7.62. The van der Waals surface area contributed by atoms with Crippen LogP contribution >= 0.6 is 11.8 Å². The summed E-state index contributed by atoms with van der Waals surface area (Å²) >= 11 is 2.11. The third-order valence-electron chi connectivity index (χ3n) is 3.81. The molecule has 0 saturated carbocycles. The average Bonchev–Trinajstić information content (AvgIpc) is 2.38. The fourth-order valence-corrected chi connectivity index (χ4v) is 3.92.